The van der Waals surface area contributed by atoms with E-state index in [1.165, 1.54) is 30.3 Å². The highest BCUT2D eigenvalue weighted by atomic mass is 32.1. The maximum Gasteiger partial charge on any atom is 0.261 e. The third kappa shape index (κ3) is 2.82. The average molecular weight is 357 g/mol. The van der Waals surface area contributed by atoms with Crippen molar-refractivity contribution in [2.75, 3.05) is 0 Å². The third-order valence-electron chi connectivity index (χ3n) is 6.16. The molecule has 2 N–H and O–H groups in total. The smallest absolute Gasteiger partial charge is 0.261 e. The number of amides is 1. The first-order chi connectivity index (χ1) is 11.9. The molecule has 2 fully saturated rings. The van der Waals surface area contributed by atoms with Crippen LogP contribution in [-0.4, -0.2) is 21.5 Å². The van der Waals surface area contributed by atoms with Gasteiger partial charge in [0.05, 0.1) is 10.9 Å². The fraction of sp³-hybridized carbons (Fsp3) is 0.526. The summed E-state index contributed by atoms with van der Waals surface area (Å²) in [7, 11) is 1.64. The van der Waals surface area contributed by atoms with Gasteiger partial charge in [0.15, 0.2) is 4.77 Å². The summed E-state index contributed by atoms with van der Waals surface area (Å²) < 4.78 is 1.75. The van der Waals surface area contributed by atoms with Crippen LogP contribution in [-0.2, 0) is 7.05 Å². The normalized spacial score (nSPS) is 26.1. The number of nitrogens with one attached hydrogen (secondary N) is 2. The van der Waals surface area contributed by atoms with Crippen molar-refractivity contribution in [1.82, 2.24) is 14.9 Å². The first kappa shape index (κ1) is 16.5. The zero-order valence-electron chi connectivity index (χ0n) is 14.5. The summed E-state index contributed by atoms with van der Waals surface area (Å²) in [5.74, 6) is 2.15. The zero-order valence-corrected chi connectivity index (χ0v) is 15.4. The van der Waals surface area contributed by atoms with Crippen molar-refractivity contribution in [3.63, 3.8) is 0 Å². The first-order valence-corrected chi connectivity index (χ1v) is 9.39. The molecule has 2 aliphatic carbocycles. The molecule has 2 saturated carbocycles. The predicted octanol–water partition coefficient (Wildman–Crippen LogP) is 3.15. The number of rotatable bonds is 3. The molecule has 132 valence electrons. The number of benzene rings is 1. The van der Waals surface area contributed by atoms with E-state index in [0.29, 0.717) is 27.2 Å². The van der Waals surface area contributed by atoms with Crippen LogP contribution in [0.5, 0.6) is 0 Å². The van der Waals surface area contributed by atoms with Gasteiger partial charge in [0.1, 0.15) is 0 Å². The molecule has 4 atom stereocenters. The highest BCUT2D eigenvalue weighted by Gasteiger charge is 2.42. The summed E-state index contributed by atoms with van der Waals surface area (Å²) in [6.45, 7) is 2.12. The molecule has 1 amide bonds. The molecule has 1 heterocycles. The minimum absolute atomic E-state index is 0.0860. The Hall–Kier alpha value is -1.95. The van der Waals surface area contributed by atoms with Gasteiger partial charge in [-0.2, -0.15) is 0 Å². The van der Waals surface area contributed by atoms with E-state index in [-0.39, 0.29) is 17.5 Å². The fourth-order valence-corrected chi connectivity index (χ4v) is 4.94. The molecule has 2 aliphatic rings. The van der Waals surface area contributed by atoms with Crippen LogP contribution in [0.15, 0.2) is 23.0 Å². The molecule has 2 bridgehead atoms. The van der Waals surface area contributed by atoms with Crippen molar-refractivity contribution >= 4 is 29.0 Å². The molecule has 25 heavy (non-hydrogen) atoms. The largest absolute Gasteiger partial charge is 0.349 e. The number of nitrogens with zero attached hydrogens (tertiary/aromatic N) is 1. The molecule has 2 aromatic rings. The monoisotopic (exact) mass is 357 g/mol. The van der Waals surface area contributed by atoms with Crippen LogP contribution in [0, 0.1) is 22.5 Å². The maximum atomic E-state index is 12.7. The predicted molar refractivity (Wildman–Crippen MR) is 100 cm³/mol. The van der Waals surface area contributed by atoms with E-state index in [0.717, 1.165) is 11.8 Å². The Morgan fingerprint density at radius 3 is 2.84 bits per heavy atom. The number of H-pyrrole nitrogens is 1. The minimum Gasteiger partial charge on any atom is -0.349 e. The minimum atomic E-state index is -0.152. The van der Waals surface area contributed by atoms with Gasteiger partial charge in [-0.05, 0) is 74.4 Å². The zero-order chi connectivity index (χ0) is 17.7. The number of hydrogen-bond acceptors (Lipinski definition) is 3. The molecule has 0 saturated heterocycles. The number of fused-ring (bicyclic) bond motifs is 3. The molecule has 4 rings (SSSR count). The van der Waals surface area contributed by atoms with Gasteiger partial charge in [-0.25, -0.2) is 0 Å². The van der Waals surface area contributed by atoms with Gasteiger partial charge in [-0.3, -0.25) is 14.2 Å². The molecule has 5 nitrogen and oxygen atoms in total. The molecule has 1 aromatic carbocycles. The van der Waals surface area contributed by atoms with E-state index < -0.39 is 0 Å². The molecule has 1 aromatic heterocycles. The van der Waals surface area contributed by atoms with Gasteiger partial charge in [-0.1, -0.05) is 6.42 Å². The summed E-state index contributed by atoms with van der Waals surface area (Å²) in [4.78, 5) is 27.9. The molecular weight excluding hydrogens is 334 g/mol. The highest BCUT2D eigenvalue weighted by molar-refractivity contribution is 7.71. The SMILES string of the molecule is C[C@H](NC(=O)c1ccc2c(=O)n(C)c(=S)[nH]c2c1)[C@@H]1C[C@H]2CC[C@H]1C2. The Labute approximate surface area is 151 Å². The van der Waals surface area contributed by atoms with Gasteiger partial charge >= 0.3 is 0 Å². The number of hydrogen-bond donors (Lipinski definition) is 2. The summed E-state index contributed by atoms with van der Waals surface area (Å²) in [5.41, 5.74) is 1.01. The van der Waals surface area contributed by atoms with Gasteiger partial charge < -0.3 is 10.3 Å². The van der Waals surface area contributed by atoms with Crippen molar-refractivity contribution in [3.8, 4) is 0 Å². The van der Waals surface area contributed by atoms with Crippen molar-refractivity contribution in [1.29, 1.82) is 0 Å². The van der Waals surface area contributed by atoms with Crippen molar-refractivity contribution in [3.05, 3.63) is 38.9 Å². The number of carbonyl (C=O) groups is 1. The van der Waals surface area contributed by atoms with E-state index >= 15 is 0 Å². The Bertz CT molecular complexity index is 961. The van der Waals surface area contributed by atoms with Gasteiger partial charge in [0, 0.05) is 18.7 Å². The maximum absolute atomic E-state index is 12.7. The lowest BCUT2D eigenvalue weighted by molar-refractivity contribution is 0.0915. The van der Waals surface area contributed by atoms with Crippen LogP contribution in [0.1, 0.15) is 43.0 Å². The molecule has 0 spiro atoms. The van der Waals surface area contributed by atoms with Crippen LogP contribution in [0.2, 0.25) is 0 Å². The topological polar surface area (TPSA) is 66.9 Å². The Balaban J connectivity index is 1.57. The van der Waals surface area contributed by atoms with Gasteiger partial charge in [-0.15, -0.1) is 0 Å². The van der Waals surface area contributed by atoms with E-state index in [1.807, 2.05) is 0 Å². The number of aromatic nitrogens is 2. The summed E-state index contributed by atoms with van der Waals surface area (Å²) in [6, 6.07) is 5.31. The highest BCUT2D eigenvalue weighted by Crippen LogP contribution is 2.49. The molecule has 0 aliphatic heterocycles. The summed E-state index contributed by atoms with van der Waals surface area (Å²) in [6.07, 6.45) is 5.25. The van der Waals surface area contributed by atoms with Crippen LogP contribution >= 0.6 is 12.2 Å². The fourth-order valence-electron chi connectivity index (χ4n) is 4.75. The average Bonchev–Trinajstić information content (AvgIpc) is 3.22. The van der Waals surface area contributed by atoms with E-state index in [9.17, 15) is 9.59 Å². The first-order valence-electron chi connectivity index (χ1n) is 8.98. The molecule has 0 unspecified atom stereocenters. The van der Waals surface area contributed by atoms with Crippen LogP contribution in [0.3, 0.4) is 0 Å². The van der Waals surface area contributed by atoms with Crippen molar-refractivity contribution < 1.29 is 4.79 Å². The summed E-state index contributed by atoms with van der Waals surface area (Å²) in [5, 5.41) is 3.70. The standard InChI is InChI=1S/C19H23N3O2S/c1-10(15-8-11-3-4-12(15)7-11)20-17(23)13-5-6-14-16(9-13)21-19(25)22(2)18(14)24/h5-6,9-12,15H,3-4,7-8H2,1-2H3,(H,20,23)(H,21,25)/t10-,11-,12-,15-/m0/s1. The van der Waals surface area contributed by atoms with Gasteiger partial charge in [0.25, 0.3) is 11.5 Å². The van der Waals surface area contributed by atoms with Crippen LogP contribution in [0.25, 0.3) is 10.9 Å². The quantitative estimate of drug-likeness (QED) is 0.829. The lowest BCUT2D eigenvalue weighted by Gasteiger charge is -2.28. The lowest BCUT2D eigenvalue weighted by atomic mass is 9.84. The second-order valence-electron chi connectivity index (χ2n) is 7.66. The van der Waals surface area contributed by atoms with Crippen LogP contribution in [0.4, 0.5) is 0 Å². The molecule has 6 heteroatoms. The van der Waals surface area contributed by atoms with Crippen molar-refractivity contribution in [2.24, 2.45) is 24.8 Å². The van der Waals surface area contributed by atoms with E-state index in [4.69, 9.17) is 12.2 Å². The van der Waals surface area contributed by atoms with Gasteiger partial charge in [0.2, 0.25) is 0 Å². The van der Waals surface area contributed by atoms with E-state index in [2.05, 4.69) is 17.2 Å². The van der Waals surface area contributed by atoms with Crippen LogP contribution < -0.4 is 10.9 Å². The second-order valence-corrected chi connectivity index (χ2v) is 8.04. The van der Waals surface area contributed by atoms with Crippen molar-refractivity contribution in [2.45, 2.75) is 38.6 Å². The molecule has 0 radical (unpaired) electrons. The number of carbonyl (C=O) groups excluding carboxylic acids is 1. The number of aromatic amines is 1. The Morgan fingerprint density at radius 1 is 1.36 bits per heavy atom. The Morgan fingerprint density at radius 2 is 2.16 bits per heavy atom. The summed E-state index contributed by atoms with van der Waals surface area (Å²) >= 11 is 5.16. The Kier molecular flexibility index (Phi) is 4.02. The molecular formula is C19H23N3O2S. The lowest BCUT2D eigenvalue weighted by Crippen LogP contribution is -2.40. The third-order valence-corrected chi connectivity index (χ3v) is 6.53. The van der Waals surface area contributed by atoms with E-state index in [1.54, 1.807) is 25.2 Å². The second kappa shape index (κ2) is 6.09.